The van der Waals surface area contributed by atoms with Crippen LogP contribution in [0.5, 0.6) is 0 Å². The van der Waals surface area contributed by atoms with Crippen molar-refractivity contribution >= 4 is 27.5 Å². The van der Waals surface area contributed by atoms with Crippen LogP contribution >= 0.6 is 0 Å². The van der Waals surface area contributed by atoms with Crippen LogP contribution in [0.2, 0.25) is 0 Å². The molecule has 214 valence electrons. The Kier molecular flexibility index (Phi) is 9.73. The highest BCUT2D eigenvalue weighted by molar-refractivity contribution is 7.92. The van der Waals surface area contributed by atoms with Crippen molar-refractivity contribution in [3.63, 3.8) is 0 Å². The molecule has 0 aliphatic rings. The molecule has 7 nitrogen and oxygen atoms in total. The number of benzene rings is 3. The number of rotatable bonds is 10. The van der Waals surface area contributed by atoms with Gasteiger partial charge in [0.1, 0.15) is 18.4 Å². The monoisotopic (exact) mass is 567 g/mol. The Morgan fingerprint density at radius 1 is 0.925 bits per heavy atom. The molecule has 3 rings (SSSR count). The average molecular weight is 568 g/mol. The molecule has 0 saturated heterocycles. The van der Waals surface area contributed by atoms with Gasteiger partial charge in [-0.05, 0) is 88.6 Å². The lowest BCUT2D eigenvalue weighted by Crippen LogP contribution is -2.55. The van der Waals surface area contributed by atoms with Crippen molar-refractivity contribution in [3.8, 4) is 0 Å². The SMILES string of the molecule is CC[C@H](C(=O)NC(C)(C)C)N(Cc1ccccc1C)C(=O)CN(c1ccc(C)cc1)S(=O)(=O)c1ccc(F)cc1. The second-order valence-corrected chi connectivity index (χ2v) is 12.8. The number of nitrogens with one attached hydrogen (secondary N) is 1. The molecule has 0 aliphatic carbocycles. The van der Waals surface area contributed by atoms with E-state index in [2.05, 4.69) is 5.32 Å². The van der Waals surface area contributed by atoms with Crippen molar-refractivity contribution in [2.45, 2.75) is 71.0 Å². The summed E-state index contributed by atoms with van der Waals surface area (Å²) in [6.45, 7) is 10.8. The minimum absolute atomic E-state index is 0.125. The molecule has 9 heteroatoms. The van der Waals surface area contributed by atoms with Gasteiger partial charge in [-0.15, -0.1) is 0 Å². The van der Waals surface area contributed by atoms with E-state index in [-0.39, 0.29) is 23.0 Å². The summed E-state index contributed by atoms with van der Waals surface area (Å²) in [5.41, 5.74) is 2.47. The standard InChI is InChI=1S/C31H38FN3O4S/c1-7-28(30(37)33-31(4,5)6)34(20-24-11-9-8-10-23(24)3)29(36)21-35(26-16-12-22(2)13-17-26)40(38,39)27-18-14-25(32)15-19-27/h8-19,28H,7,20-21H2,1-6H3,(H,33,37)/t28-/m1/s1. The van der Waals surface area contributed by atoms with E-state index >= 15 is 0 Å². The highest BCUT2D eigenvalue weighted by Gasteiger charge is 2.34. The third-order valence-electron chi connectivity index (χ3n) is 6.49. The van der Waals surface area contributed by atoms with Crippen molar-refractivity contribution in [3.05, 3.63) is 95.3 Å². The second kappa shape index (κ2) is 12.6. The van der Waals surface area contributed by atoms with Gasteiger partial charge in [-0.2, -0.15) is 0 Å². The molecule has 2 amide bonds. The van der Waals surface area contributed by atoms with Crippen LogP contribution in [0.25, 0.3) is 0 Å². The van der Waals surface area contributed by atoms with E-state index < -0.39 is 39.9 Å². The van der Waals surface area contributed by atoms with E-state index in [1.165, 1.54) is 17.0 Å². The van der Waals surface area contributed by atoms with Crippen LogP contribution in [-0.2, 0) is 26.2 Å². The van der Waals surface area contributed by atoms with Gasteiger partial charge in [0.25, 0.3) is 10.0 Å². The van der Waals surface area contributed by atoms with Crippen molar-refractivity contribution < 1.29 is 22.4 Å². The summed E-state index contributed by atoms with van der Waals surface area (Å²) in [5.74, 6) is -1.43. The van der Waals surface area contributed by atoms with Crippen LogP contribution < -0.4 is 9.62 Å². The first kappa shape index (κ1) is 30.8. The molecule has 0 radical (unpaired) electrons. The molecule has 0 fully saturated rings. The van der Waals surface area contributed by atoms with Gasteiger partial charge in [0.2, 0.25) is 11.8 Å². The Balaban J connectivity index is 2.08. The van der Waals surface area contributed by atoms with Crippen molar-refractivity contribution in [1.82, 2.24) is 10.2 Å². The highest BCUT2D eigenvalue weighted by Crippen LogP contribution is 2.26. The molecule has 0 heterocycles. The molecule has 3 aromatic carbocycles. The lowest BCUT2D eigenvalue weighted by atomic mass is 10.0. The van der Waals surface area contributed by atoms with E-state index in [9.17, 15) is 22.4 Å². The largest absolute Gasteiger partial charge is 0.350 e. The molecular weight excluding hydrogens is 529 g/mol. The maximum Gasteiger partial charge on any atom is 0.264 e. The Bertz CT molecular complexity index is 1430. The van der Waals surface area contributed by atoms with Crippen molar-refractivity contribution in [1.29, 1.82) is 0 Å². The molecule has 3 aromatic rings. The zero-order valence-corrected chi connectivity index (χ0v) is 24.8. The quantitative estimate of drug-likeness (QED) is 0.357. The van der Waals surface area contributed by atoms with Crippen LogP contribution in [-0.4, -0.2) is 43.3 Å². The van der Waals surface area contributed by atoms with Gasteiger partial charge >= 0.3 is 0 Å². The maximum atomic E-state index is 14.1. The summed E-state index contributed by atoms with van der Waals surface area (Å²) in [4.78, 5) is 28.8. The predicted molar refractivity (Wildman–Crippen MR) is 156 cm³/mol. The molecule has 40 heavy (non-hydrogen) atoms. The molecule has 0 saturated carbocycles. The van der Waals surface area contributed by atoms with E-state index in [1.54, 1.807) is 24.3 Å². The fourth-order valence-electron chi connectivity index (χ4n) is 4.32. The second-order valence-electron chi connectivity index (χ2n) is 10.9. The zero-order valence-electron chi connectivity index (χ0n) is 23.9. The fraction of sp³-hybridized carbons (Fsp3) is 0.355. The van der Waals surface area contributed by atoms with Crippen molar-refractivity contribution in [2.75, 3.05) is 10.8 Å². The number of aryl methyl sites for hydroxylation is 2. The molecule has 0 aromatic heterocycles. The topological polar surface area (TPSA) is 86.8 Å². The lowest BCUT2D eigenvalue weighted by molar-refractivity contribution is -0.141. The van der Waals surface area contributed by atoms with Gasteiger partial charge in [0, 0.05) is 12.1 Å². The van der Waals surface area contributed by atoms with Gasteiger partial charge in [-0.25, -0.2) is 12.8 Å². The van der Waals surface area contributed by atoms with Crippen LogP contribution in [0.15, 0.2) is 77.7 Å². The lowest BCUT2D eigenvalue weighted by Gasteiger charge is -2.35. The van der Waals surface area contributed by atoms with Crippen LogP contribution in [0.3, 0.4) is 0 Å². The van der Waals surface area contributed by atoms with E-state index in [0.29, 0.717) is 6.42 Å². The Morgan fingerprint density at radius 2 is 1.52 bits per heavy atom. The van der Waals surface area contributed by atoms with Gasteiger partial charge in [-0.3, -0.25) is 13.9 Å². The van der Waals surface area contributed by atoms with Gasteiger partial charge < -0.3 is 10.2 Å². The summed E-state index contributed by atoms with van der Waals surface area (Å²) in [6.07, 6.45) is 0.328. The first-order chi connectivity index (χ1) is 18.7. The first-order valence-electron chi connectivity index (χ1n) is 13.2. The van der Waals surface area contributed by atoms with Gasteiger partial charge in [-0.1, -0.05) is 48.9 Å². The number of hydrogen-bond donors (Lipinski definition) is 1. The van der Waals surface area contributed by atoms with Gasteiger partial charge in [0.15, 0.2) is 0 Å². The highest BCUT2D eigenvalue weighted by atomic mass is 32.2. The number of carbonyl (C=O) groups excluding carboxylic acids is 2. The number of anilines is 1. The average Bonchev–Trinajstić information content (AvgIpc) is 2.88. The predicted octanol–water partition coefficient (Wildman–Crippen LogP) is 5.36. The Hall–Kier alpha value is -3.72. The number of halogens is 1. The summed E-state index contributed by atoms with van der Waals surface area (Å²) < 4.78 is 42.3. The molecule has 0 unspecified atom stereocenters. The van der Waals surface area contributed by atoms with Crippen LogP contribution in [0, 0.1) is 19.7 Å². The van der Waals surface area contributed by atoms with Crippen LogP contribution in [0.1, 0.15) is 50.8 Å². The maximum absolute atomic E-state index is 14.1. The third kappa shape index (κ3) is 7.69. The number of nitrogens with zero attached hydrogens (tertiary/aromatic N) is 2. The van der Waals surface area contributed by atoms with Crippen LogP contribution in [0.4, 0.5) is 10.1 Å². The minimum atomic E-state index is -4.26. The number of sulfonamides is 1. The summed E-state index contributed by atoms with van der Waals surface area (Å²) in [6, 6.07) is 18.0. The summed E-state index contributed by atoms with van der Waals surface area (Å²) in [7, 11) is -4.26. The molecule has 0 bridgehead atoms. The molecular formula is C31H38FN3O4S. The molecule has 1 N–H and O–H groups in total. The van der Waals surface area contributed by atoms with E-state index in [1.807, 2.05) is 65.8 Å². The molecule has 0 spiro atoms. The Labute approximate surface area is 237 Å². The van der Waals surface area contributed by atoms with E-state index in [0.717, 1.165) is 33.1 Å². The fourth-order valence-corrected chi connectivity index (χ4v) is 5.73. The minimum Gasteiger partial charge on any atom is -0.350 e. The van der Waals surface area contributed by atoms with Crippen molar-refractivity contribution in [2.24, 2.45) is 0 Å². The van der Waals surface area contributed by atoms with E-state index in [4.69, 9.17) is 0 Å². The summed E-state index contributed by atoms with van der Waals surface area (Å²) >= 11 is 0. The molecule has 0 aliphatic heterocycles. The smallest absolute Gasteiger partial charge is 0.264 e. The summed E-state index contributed by atoms with van der Waals surface area (Å²) in [5, 5.41) is 2.96. The zero-order chi connectivity index (χ0) is 29.7. The number of hydrogen-bond acceptors (Lipinski definition) is 4. The Morgan fingerprint density at radius 3 is 2.08 bits per heavy atom. The molecule has 1 atom stereocenters. The number of carbonyl (C=O) groups is 2. The normalized spacial score (nSPS) is 12.5. The van der Waals surface area contributed by atoms with Gasteiger partial charge in [0.05, 0.1) is 10.6 Å². The number of amides is 2. The third-order valence-corrected chi connectivity index (χ3v) is 8.28. The first-order valence-corrected chi connectivity index (χ1v) is 14.7.